The molecule has 0 aromatic heterocycles. The summed E-state index contributed by atoms with van der Waals surface area (Å²) in [5, 5.41) is 2.32. The lowest BCUT2D eigenvalue weighted by atomic mass is 10.0. The van der Waals surface area contributed by atoms with E-state index in [1.165, 1.54) is 51.3 Å². The van der Waals surface area contributed by atoms with Crippen LogP contribution in [0.3, 0.4) is 0 Å². The van der Waals surface area contributed by atoms with Gasteiger partial charge in [-0.1, -0.05) is 80.9 Å². The minimum Gasteiger partial charge on any atom is -0.303 e. The van der Waals surface area contributed by atoms with Gasteiger partial charge in [-0.05, 0) is 51.1 Å². The molecular weight excluding hydrogens is 481 g/mol. The summed E-state index contributed by atoms with van der Waals surface area (Å²) in [6.45, 7) is 13.5. The SMILES string of the molecule is C=CC(C)C=O.C=CC1=C(C)Sc2ccccc2C(c2ccccc2F)=N1.CNN1CCCCCCC1. The van der Waals surface area contributed by atoms with Crippen molar-refractivity contribution in [3.63, 3.8) is 0 Å². The molecule has 0 bridgehead atoms. The van der Waals surface area contributed by atoms with Gasteiger partial charge in [-0.15, -0.1) is 6.58 Å². The number of carbonyl (C=O) groups excluding carboxylic acids is 1. The molecule has 2 heterocycles. The predicted molar refractivity (Wildman–Crippen MR) is 156 cm³/mol. The molecule has 6 heteroatoms. The molecular formula is C31H40FN3OS. The first kappa shape index (κ1) is 30.4. The zero-order valence-electron chi connectivity index (χ0n) is 22.4. The molecule has 0 amide bonds. The Kier molecular flexibility index (Phi) is 13.9. The molecule has 1 N–H and O–H groups in total. The summed E-state index contributed by atoms with van der Waals surface area (Å²) < 4.78 is 14.2. The number of halogens is 1. The Morgan fingerprint density at radius 3 is 2.14 bits per heavy atom. The third kappa shape index (κ3) is 9.88. The van der Waals surface area contributed by atoms with Gasteiger partial charge < -0.3 is 4.79 Å². The number of hydrazine groups is 1. The van der Waals surface area contributed by atoms with E-state index in [1.807, 2.05) is 44.3 Å². The number of carbonyl (C=O) groups is 1. The van der Waals surface area contributed by atoms with Crippen molar-refractivity contribution in [2.75, 3.05) is 20.1 Å². The second-order valence-corrected chi connectivity index (χ2v) is 10.1. The molecule has 2 aliphatic heterocycles. The number of hydrogen-bond donors (Lipinski definition) is 1. The number of nitrogens with zero attached hydrogens (tertiary/aromatic N) is 2. The van der Waals surface area contributed by atoms with E-state index in [0.717, 1.165) is 27.3 Å². The Labute approximate surface area is 226 Å². The lowest BCUT2D eigenvalue weighted by Gasteiger charge is -2.22. The molecule has 2 aliphatic rings. The molecule has 1 fully saturated rings. The standard InChI is InChI=1S/C18H14FNS.C8H18N2.C5H8O/c1-3-16-12(2)21-17-11-7-5-9-14(17)18(20-16)13-8-4-6-10-15(13)19;1-9-10-7-5-3-2-4-6-8-10;1-3-5(2)4-6/h3-11H,1H2,2H3;9H,2-8H2,1H3;3-5H,1H2,2H3. The zero-order chi connectivity index (χ0) is 27.0. The zero-order valence-corrected chi connectivity index (χ0v) is 23.2. The number of thioether (sulfide) groups is 1. The monoisotopic (exact) mass is 521 g/mol. The number of benzene rings is 2. The Morgan fingerprint density at radius 2 is 1.59 bits per heavy atom. The number of aldehydes is 1. The number of hydrogen-bond acceptors (Lipinski definition) is 5. The second-order valence-electron chi connectivity index (χ2n) is 8.89. The molecule has 0 radical (unpaired) electrons. The van der Waals surface area contributed by atoms with Crippen molar-refractivity contribution in [3.05, 3.63) is 101 Å². The van der Waals surface area contributed by atoms with Gasteiger partial charge >= 0.3 is 0 Å². The van der Waals surface area contributed by atoms with Gasteiger partial charge in [0.05, 0.1) is 11.4 Å². The van der Waals surface area contributed by atoms with Crippen LogP contribution in [0, 0.1) is 11.7 Å². The highest BCUT2D eigenvalue weighted by Crippen LogP contribution is 2.36. The van der Waals surface area contributed by atoms with Crippen molar-refractivity contribution in [3.8, 4) is 0 Å². The average Bonchev–Trinajstić information content (AvgIpc) is 3.04. The smallest absolute Gasteiger partial charge is 0.132 e. The average molecular weight is 522 g/mol. The molecule has 198 valence electrons. The summed E-state index contributed by atoms with van der Waals surface area (Å²) in [5.74, 6) is -0.246. The topological polar surface area (TPSA) is 44.7 Å². The maximum absolute atomic E-state index is 14.2. The van der Waals surface area contributed by atoms with Crippen LogP contribution < -0.4 is 5.43 Å². The lowest BCUT2D eigenvalue weighted by molar-refractivity contribution is -0.109. The van der Waals surface area contributed by atoms with Gasteiger partial charge in [0.25, 0.3) is 0 Å². The number of nitrogens with one attached hydrogen (secondary N) is 1. The normalized spacial score (nSPS) is 16.6. The van der Waals surface area contributed by atoms with E-state index >= 15 is 0 Å². The first-order valence-electron chi connectivity index (χ1n) is 12.9. The molecule has 0 aliphatic carbocycles. The molecule has 2 aromatic rings. The molecule has 0 saturated carbocycles. The summed E-state index contributed by atoms with van der Waals surface area (Å²) in [5.41, 5.74) is 6.11. The molecule has 1 atom stereocenters. The third-order valence-electron chi connectivity index (χ3n) is 6.08. The van der Waals surface area contributed by atoms with Crippen molar-refractivity contribution in [1.82, 2.24) is 10.4 Å². The highest BCUT2D eigenvalue weighted by molar-refractivity contribution is 8.03. The molecule has 1 saturated heterocycles. The van der Waals surface area contributed by atoms with Crippen molar-refractivity contribution < 1.29 is 9.18 Å². The minimum atomic E-state index is -0.265. The van der Waals surface area contributed by atoms with E-state index in [-0.39, 0.29) is 11.7 Å². The highest BCUT2D eigenvalue weighted by Gasteiger charge is 2.19. The number of rotatable bonds is 5. The fourth-order valence-corrected chi connectivity index (χ4v) is 4.79. The quantitative estimate of drug-likeness (QED) is 0.325. The van der Waals surface area contributed by atoms with Crippen LogP contribution in [0.5, 0.6) is 0 Å². The molecule has 1 unspecified atom stereocenters. The Balaban J connectivity index is 0.000000249. The highest BCUT2D eigenvalue weighted by atomic mass is 32.2. The van der Waals surface area contributed by atoms with Gasteiger partial charge in [0, 0.05) is 39.9 Å². The van der Waals surface area contributed by atoms with E-state index in [1.54, 1.807) is 43.0 Å². The summed E-state index contributed by atoms with van der Waals surface area (Å²) in [6.07, 6.45) is 11.2. The van der Waals surface area contributed by atoms with Crippen LogP contribution in [0.4, 0.5) is 4.39 Å². The van der Waals surface area contributed by atoms with E-state index in [0.29, 0.717) is 11.3 Å². The fourth-order valence-electron chi connectivity index (χ4n) is 3.80. The summed E-state index contributed by atoms with van der Waals surface area (Å²) >= 11 is 1.64. The third-order valence-corrected chi connectivity index (χ3v) is 7.17. The second kappa shape index (κ2) is 16.8. The van der Waals surface area contributed by atoms with E-state index in [2.05, 4.69) is 28.6 Å². The van der Waals surface area contributed by atoms with Gasteiger partial charge in [0.1, 0.15) is 12.1 Å². The van der Waals surface area contributed by atoms with Crippen LogP contribution in [0.1, 0.15) is 57.1 Å². The van der Waals surface area contributed by atoms with Crippen molar-refractivity contribution >= 4 is 23.8 Å². The first-order valence-corrected chi connectivity index (χ1v) is 13.7. The fraction of sp³-hybridized carbons (Fsp3) is 0.355. The van der Waals surface area contributed by atoms with Gasteiger partial charge in [-0.2, -0.15) is 0 Å². The van der Waals surface area contributed by atoms with Crippen LogP contribution in [0.25, 0.3) is 0 Å². The van der Waals surface area contributed by atoms with Crippen LogP contribution in [-0.2, 0) is 4.79 Å². The van der Waals surface area contributed by atoms with Gasteiger partial charge in [-0.25, -0.2) is 14.4 Å². The van der Waals surface area contributed by atoms with E-state index in [9.17, 15) is 9.18 Å². The van der Waals surface area contributed by atoms with Crippen LogP contribution >= 0.6 is 11.8 Å². The minimum absolute atomic E-state index is 0.0185. The van der Waals surface area contributed by atoms with Gasteiger partial charge in [0.2, 0.25) is 0 Å². The summed E-state index contributed by atoms with van der Waals surface area (Å²) in [4.78, 5) is 16.5. The van der Waals surface area contributed by atoms with Crippen molar-refractivity contribution in [2.24, 2.45) is 10.9 Å². The maximum Gasteiger partial charge on any atom is 0.132 e. The van der Waals surface area contributed by atoms with Gasteiger partial charge in [-0.3, -0.25) is 5.43 Å². The number of fused-ring (bicyclic) bond motifs is 1. The Bertz CT molecular complexity index is 1080. The largest absolute Gasteiger partial charge is 0.303 e. The van der Waals surface area contributed by atoms with Crippen molar-refractivity contribution in [2.45, 2.75) is 50.8 Å². The van der Waals surface area contributed by atoms with Crippen molar-refractivity contribution in [1.29, 1.82) is 0 Å². The van der Waals surface area contributed by atoms with E-state index < -0.39 is 0 Å². The Hall–Kier alpha value is -2.80. The Morgan fingerprint density at radius 1 is 1.00 bits per heavy atom. The van der Waals surface area contributed by atoms with E-state index in [4.69, 9.17) is 0 Å². The van der Waals surface area contributed by atoms with Crippen LogP contribution in [0.2, 0.25) is 0 Å². The number of aliphatic imine (C=N–C) groups is 1. The summed E-state index contributed by atoms with van der Waals surface area (Å²) in [7, 11) is 2.02. The number of allylic oxidation sites excluding steroid dienone is 3. The van der Waals surface area contributed by atoms with Crippen LogP contribution in [0.15, 0.2) is 94.3 Å². The first-order chi connectivity index (χ1) is 17.9. The molecule has 37 heavy (non-hydrogen) atoms. The molecule has 4 rings (SSSR count). The predicted octanol–water partition coefficient (Wildman–Crippen LogP) is 7.58. The molecule has 2 aromatic carbocycles. The summed E-state index contributed by atoms with van der Waals surface area (Å²) in [6, 6.07) is 14.7. The maximum atomic E-state index is 14.2. The van der Waals surface area contributed by atoms with Crippen LogP contribution in [-0.4, -0.2) is 37.1 Å². The molecule has 0 spiro atoms. The van der Waals surface area contributed by atoms with Gasteiger partial charge in [0.15, 0.2) is 0 Å². The lowest BCUT2D eigenvalue weighted by Crippen LogP contribution is -2.37. The molecule has 4 nitrogen and oxygen atoms in total.